The summed E-state index contributed by atoms with van der Waals surface area (Å²) in [7, 11) is 3.94. The van der Waals surface area contributed by atoms with E-state index in [2.05, 4.69) is 4.98 Å². The molecule has 1 heterocycles. The molecule has 4 nitrogen and oxygen atoms in total. The molecule has 0 N–H and O–H groups in total. The second-order valence-electron chi connectivity index (χ2n) is 5.85. The summed E-state index contributed by atoms with van der Waals surface area (Å²) < 4.78 is 0. The summed E-state index contributed by atoms with van der Waals surface area (Å²) in [6.45, 7) is 0.712. The highest BCUT2D eigenvalue weighted by Crippen LogP contribution is 2.14. The lowest BCUT2D eigenvalue weighted by Crippen LogP contribution is -2.15. The Bertz CT molecular complexity index is 666. The zero-order chi connectivity index (χ0) is 16.7. The third-order valence-corrected chi connectivity index (χ3v) is 3.54. The van der Waals surface area contributed by atoms with E-state index in [4.69, 9.17) is 0 Å². The third kappa shape index (κ3) is 5.42. The highest BCUT2D eigenvalue weighted by Gasteiger charge is 2.13. The average molecular weight is 310 g/mol. The first-order valence-electron chi connectivity index (χ1n) is 7.73. The third-order valence-electron chi connectivity index (χ3n) is 3.54. The summed E-state index contributed by atoms with van der Waals surface area (Å²) in [5.41, 5.74) is 2.46. The molecular formula is C19H22N2O2. The molecule has 0 spiro atoms. The first-order chi connectivity index (χ1) is 11.1. The van der Waals surface area contributed by atoms with Crippen molar-refractivity contribution in [1.29, 1.82) is 0 Å². The maximum absolute atomic E-state index is 12.4. The van der Waals surface area contributed by atoms with Gasteiger partial charge in [-0.15, -0.1) is 0 Å². The van der Waals surface area contributed by atoms with Crippen molar-refractivity contribution < 1.29 is 9.59 Å². The summed E-state index contributed by atoms with van der Waals surface area (Å²) in [6, 6.07) is 13.1. The molecule has 1 aromatic carbocycles. The normalized spacial score (nSPS) is 10.7. The van der Waals surface area contributed by atoms with E-state index in [0.29, 0.717) is 12.1 Å². The standard InChI is InChI=1S/C19H22N2O2/c1-21(2)14-15-7-3-4-9-18(15)19(23)11-10-17(22)13-16-8-5-6-12-20-16/h3-9,12H,10-11,13-14H2,1-2H3. The van der Waals surface area contributed by atoms with Gasteiger partial charge in [-0.25, -0.2) is 0 Å². The van der Waals surface area contributed by atoms with Crippen molar-refractivity contribution in [3.8, 4) is 0 Å². The SMILES string of the molecule is CN(C)Cc1ccccc1C(=O)CCC(=O)Cc1ccccn1. The summed E-state index contributed by atoms with van der Waals surface area (Å²) in [5, 5.41) is 0. The van der Waals surface area contributed by atoms with Crippen molar-refractivity contribution in [2.45, 2.75) is 25.8 Å². The molecule has 0 bridgehead atoms. The van der Waals surface area contributed by atoms with Gasteiger partial charge in [0.2, 0.25) is 0 Å². The van der Waals surface area contributed by atoms with Gasteiger partial charge in [-0.1, -0.05) is 30.3 Å². The number of pyridine rings is 1. The molecule has 0 radical (unpaired) electrons. The lowest BCUT2D eigenvalue weighted by atomic mass is 9.98. The molecule has 0 atom stereocenters. The fraction of sp³-hybridized carbons (Fsp3) is 0.316. The smallest absolute Gasteiger partial charge is 0.163 e. The molecule has 1 aromatic heterocycles. The van der Waals surface area contributed by atoms with Gasteiger partial charge in [0.05, 0.1) is 0 Å². The molecule has 0 unspecified atom stereocenters. The number of benzene rings is 1. The molecule has 23 heavy (non-hydrogen) atoms. The number of aromatic nitrogens is 1. The van der Waals surface area contributed by atoms with Crippen LogP contribution in [-0.2, 0) is 17.8 Å². The first-order valence-corrected chi connectivity index (χ1v) is 7.73. The number of nitrogens with zero attached hydrogens (tertiary/aromatic N) is 2. The molecule has 120 valence electrons. The topological polar surface area (TPSA) is 50.3 Å². The maximum Gasteiger partial charge on any atom is 0.163 e. The Balaban J connectivity index is 1.93. The Labute approximate surface area is 137 Å². The van der Waals surface area contributed by atoms with Crippen molar-refractivity contribution in [3.05, 3.63) is 65.5 Å². The number of rotatable bonds is 8. The highest BCUT2D eigenvalue weighted by molar-refractivity contribution is 5.99. The molecule has 0 aliphatic rings. The van der Waals surface area contributed by atoms with Crippen LogP contribution in [0.2, 0.25) is 0 Å². The molecule has 0 fully saturated rings. The van der Waals surface area contributed by atoms with Crippen LogP contribution in [0.25, 0.3) is 0 Å². The summed E-state index contributed by atoms with van der Waals surface area (Å²) in [5.74, 6) is 0.0685. The van der Waals surface area contributed by atoms with Gasteiger partial charge < -0.3 is 4.90 Å². The van der Waals surface area contributed by atoms with Gasteiger partial charge >= 0.3 is 0 Å². The van der Waals surface area contributed by atoms with Crippen molar-refractivity contribution >= 4 is 11.6 Å². The van der Waals surface area contributed by atoms with Gasteiger partial charge in [-0.2, -0.15) is 0 Å². The molecule has 0 saturated heterocycles. The summed E-state index contributed by atoms with van der Waals surface area (Å²) in [4.78, 5) is 30.6. The average Bonchev–Trinajstić information content (AvgIpc) is 2.53. The molecular weight excluding hydrogens is 288 g/mol. The minimum atomic E-state index is 0.0248. The predicted molar refractivity (Wildman–Crippen MR) is 90.3 cm³/mol. The van der Waals surface area contributed by atoms with Crippen LogP contribution in [0.5, 0.6) is 0 Å². The van der Waals surface area contributed by atoms with Crippen LogP contribution in [0.3, 0.4) is 0 Å². The van der Waals surface area contributed by atoms with Crippen LogP contribution in [-0.4, -0.2) is 35.5 Å². The predicted octanol–water partition coefficient (Wildman–Crippen LogP) is 2.92. The van der Waals surface area contributed by atoms with Gasteiger partial charge in [0.1, 0.15) is 5.78 Å². The number of Topliss-reactive ketones (excluding diaryl/α,β-unsaturated/α-hetero) is 2. The van der Waals surface area contributed by atoms with Crippen molar-refractivity contribution in [1.82, 2.24) is 9.88 Å². The van der Waals surface area contributed by atoms with Gasteiger partial charge in [-0.3, -0.25) is 14.6 Å². The zero-order valence-electron chi connectivity index (χ0n) is 13.7. The fourth-order valence-corrected chi connectivity index (χ4v) is 2.45. The van der Waals surface area contributed by atoms with E-state index in [0.717, 1.165) is 11.3 Å². The number of carbonyl (C=O) groups is 2. The minimum absolute atomic E-state index is 0.0248. The molecule has 0 amide bonds. The second-order valence-corrected chi connectivity index (χ2v) is 5.85. The van der Waals surface area contributed by atoms with Crippen LogP contribution in [0.1, 0.15) is 34.5 Å². The summed E-state index contributed by atoms with van der Waals surface area (Å²) in [6.07, 6.45) is 2.46. The van der Waals surface area contributed by atoms with Crippen molar-refractivity contribution in [2.24, 2.45) is 0 Å². The largest absolute Gasteiger partial charge is 0.305 e. The molecule has 0 saturated carbocycles. The van der Waals surface area contributed by atoms with Crippen molar-refractivity contribution in [3.63, 3.8) is 0 Å². The van der Waals surface area contributed by atoms with Crippen LogP contribution < -0.4 is 0 Å². The van der Waals surface area contributed by atoms with E-state index in [1.807, 2.05) is 61.5 Å². The fourth-order valence-electron chi connectivity index (χ4n) is 2.45. The number of hydrogen-bond donors (Lipinski definition) is 0. The van der Waals surface area contributed by atoms with E-state index in [1.165, 1.54) is 0 Å². The minimum Gasteiger partial charge on any atom is -0.305 e. The van der Waals surface area contributed by atoms with Crippen LogP contribution in [0.15, 0.2) is 48.7 Å². The van der Waals surface area contributed by atoms with Crippen LogP contribution in [0.4, 0.5) is 0 Å². The molecule has 2 rings (SSSR count). The Morgan fingerprint density at radius 3 is 2.43 bits per heavy atom. The van der Waals surface area contributed by atoms with Gasteiger partial charge in [0.15, 0.2) is 5.78 Å². The first kappa shape index (κ1) is 17.0. The van der Waals surface area contributed by atoms with Crippen molar-refractivity contribution in [2.75, 3.05) is 14.1 Å². The maximum atomic E-state index is 12.4. The zero-order valence-corrected chi connectivity index (χ0v) is 13.7. The van der Waals surface area contributed by atoms with E-state index in [1.54, 1.807) is 6.20 Å². The number of ketones is 2. The number of carbonyl (C=O) groups excluding carboxylic acids is 2. The van der Waals surface area contributed by atoms with Crippen LogP contribution in [0, 0.1) is 0 Å². The molecule has 2 aromatic rings. The molecule has 4 heteroatoms. The summed E-state index contributed by atoms with van der Waals surface area (Å²) >= 11 is 0. The van der Waals surface area contributed by atoms with E-state index in [9.17, 15) is 9.59 Å². The highest BCUT2D eigenvalue weighted by atomic mass is 16.1. The quantitative estimate of drug-likeness (QED) is 0.704. The molecule has 0 aliphatic carbocycles. The van der Waals surface area contributed by atoms with E-state index >= 15 is 0 Å². The van der Waals surface area contributed by atoms with Gasteiger partial charge in [-0.05, 0) is 31.8 Å². The lowest BCUT2D eigenvalue weighted by Gasteiger charge is -2.13. The second kappa shape index (κ2) is 8.34. The van der Waals surface area contributed by atoms with Gasteiger partial charge in [0.25, 0.3) is 0 Å². The molecule has 0 aliphatic heterocycles. The lowest BCUT2D eigenvalue weighted by molar-refractivity contribution is -0.118. The van der Waals surface area contributed by atoms with Crippen LogP contribution >= 0.6 is 0 Å². The van der Waals surface area contributed by atoms with E-state index < -0.39 is 0 Å². The van der Waals surface area contributed by atoms with Gasteiger partial charge in [0, 0.05) is 43.3 Å². The monoisotopic (exact) mass is 310 g/mol. The Hall–Kier alpha value is -2.33. The Kier molecular flexibility index (Phi) is 6.18. The Morgan fingerprint density at radius 2 is 1.74 bits per heavy atom. The number of hydrogen-bond acceptors (Lipinski definition) is 4. The Morgan fingerprint density at radius 1 is 1.00 bits per heavy atom. The van der Waals surface area contributed by atoms with E-state index in [-0.39, 0.29) is 30.8 Å².